The van der Waals surface area contributed by atoms with Crippen LogP contribution in [0, 0.1) is 0 Å². The van der Waals surface area contributed by atoms with Crippen molar-refractivity contribution in [2.75, 3.05) is 0 Å². The van der Waals surface area contributed by atoms with E-state index in [4.69, 9.17) is 0 Å². The lowest BCUT2D eigenvalue weighted by Gasteiger charge is -2.22. The fourth-order valence-corrected chi connectivity index (χ4v) is 8.41. The Morgan fingerprint density at radius 1 is 0.370 bits per heavy atom. The molecule has 9 aromatic rings. The highest BCUT2D eigenvalue weighted by Crippen LogP contribution is 2.53. The van der Waals surface area contributed by atoms with Crippen molar-refractivity contribution in [3.05, 3.63) is 163 Å². The van der Waals surface area contributed by atoms with E-state index in [1.54, 1.807) is 0 Å². The molecule has 216 valence electrons. The van der Waals surface area contributed by atoms with Crippen molar-refractivity contribution in [2.45, 2.75) is 19.3 Å². The second-order valence-electron chi connectivity index (χ2n) is 13.3. The summed E-state index contributed by atoms with van der Waals surface area (Å²) in [4.78, 5) is 0. The molecule has 1 aromatic heterocycles. The van der Waals surface area contributed by atoms with Gasteiger partial charge in [-0.25, -0.2) is 0 Å². The Kier molecular flexibility index (Phi) is 5.12. The number of nitrogens with zero attached hydrogens (tertiary/aromatic N) is 1. The summed E-state index contributed by atoms with van der Waals surface area (Å²) in [6.07, 6.45) is 0. The molecule has 0 unspecified atom stereocenters. The van der Waals surface area contributed by atoms with Gasteiger partial charge in [-0.3, -0.25) is 0 Å². The van der Waals surface area contributed by atoms with E-state index in [9.17, 15) is 0 Å². The third-order valence-corrected chi connectivity index (χ3v) is 10.6. The summed E-state index contributed by atoms with van der Waals surface area (Å²) in [5, 5.41) is 10.8. The minimum atomic E-state index is -0.0800. The second kappa shape index (κ2) is 9.19. The van der Waals surface area contributed by atoms with Crippen molar-refractivity contribution in [1.82, 2.24) is 4.57 Å². The van der Waals surface area contributed by atoms with Gasteiger partial charge in [0, 0.05) is 21.9 Å². The maximum absolute atomic E-state index is 2.50. The van der Waals surface area contributed by atoms with Gasteiger partial charge in [0.25, 0.3) is 0 Å². The molecule has 1 heterocycles. The zero-order chi connectivity index (χ0) is 30.6. The quantitative estimate of drug-likeness (QED) is 0.194. The van der Waals surface area contributed by atoms with Crippen molar-refractivity contribution in [1.29, 1.82) is 0 Å². The molecule has 0 amide bonds. The van der Waals surface area contributed by atoms with Crippen LogP contribution in [0.5, 0.6) is 0 Å². The van der Waals surface area contributed by atoms with Gasteiger partial charge >= 0.3 is 0 Å². The molecule has 0 spiro atoms. The summed E-state index contributed by atoms with van der Waals surface area (Å²) < 4.78 is 2.50. The van der Waals surface area contributed by atoms with Crippen molar-refractivity contribution in [2.24, 2.45) is 0 Å². The maximum Gasteiger partial charge on any atom is 0.0547 e. The van der Waals surface area contributed by atoms with Gasteiger partial charge in [0.05, 0.1) is 11.0 Å². The largest absolute Gasteiger partial charge is 0.309 e. The summed E-state index contributed by atoms with van der Waals surface area (Å²) >= 11 is 0. The Hall–Kier alpha value is -5.66. The Morgan fingerprint density at radius 2 is 0.913 bits per heavy atom. The zero-order valence-corrected chi connectivity index (χ0v) is 25.9. The fraction of sp³-hybridized carbons (Fsp3) is 0.0667. The lowest BCUT2D eigenvalue weighted by molar-refractivity contribution is 0.663. The van der Waals surface area contributed by atoms with E-state index in [0.717, 1.165) is 0 Å². The average Bonchev–Trinajstić information content (AvgIpc) is 3.57. The highest BCUT2D eigenvalue weighted by atomic mass is 15.0. The molecular weight excluding hydrogens is 555 g/mol. The molecule has 8 aromatic carbocycles. The summed E-state index contributed by atoms with van der Waals surface area (Å²) in [5.74, 6) is 0. The predicted octanol–water partition coefficient (Wildman–Crippen LogP) is 12.2. The first kappa shape index (κ1) is 25.6. The van der Waals surface area contributed by atoms with Gasteiger partial charge in [0.1, 0.15) is 0 Å². The first-order valence-corrected chi connectivity index (χ1v) is 16.2. The summed E-state index contributed by atoms with van der Waals surface area (Å²) in [6.45, 7) is 4.79. The molecule has 0 fully saturated rings. The van der Waals surface area contributed by atoms with Crippen LogP contribution in [-0.2, 0) is 5.41 Å². The van der Waals surface area contributed by atoms with Gasteiger partial charge < -0.3 is 4.57 Å². The summed E-state index contributed by atoms with van der Waals surface area (Å²) in [6, 6.07) is 56.2. The number of aromatic nitrogens is 1. The molecule has 1 aliphatic rings. The van der Waals surface area contributed by atoms with Gasteiger partial charge in [0.15, 0.2) is 0 Å². The first-order valence-electron chi connectivity index (χ1n) is 16.2. The number of hydrogen-bond donors (Lipinski definition) is 0. The van der Waals surface area contributed by atoms with E-state index in [1.165, 1.54) is 93.2 Å². The number of rotatable bonds is 3. The van der Waals surface area contributed by atoms with Crippen LogP contribution >= 0.6 is 0 Å². The van der Waals surface area contributed by atoms with Gasteiger partial charge in [-0.05, 0) is 90.0 Å². The molecule has 0 saturated carbocycles. The monoisotopic (exact) mass is 585 g/mol. The minimum absolute atomic E-state index is 0.0800. The van der Waals surface area contributed by atoms with Crippen molar-refractivity contribution < 1.29 is 0 Å². The van der Waals surface area contributed by atoms with Crippen molar-refractivity contribution in [3.8, 4) is 27.9 Å². The molecule has 46 heavy (non-hydrogen) atoms. The molecule has 0 atom stereocenters. The topological polar surface area (TPSA) is 4.93 Å². The van der Waals surface area contributed by atoms with Crippen LogP contribution in [0.25, 0.3) is 82.1 Å². The Labute approximate surface area is 268 Å². The smallest absolute Gasteiger partial charge is 0.0547 e. The maximum atomic E-state index is 2.50. The van der Waals surface area contributed by atoms with Crippen LogP contribution in [0.3, 0.4) is 0 Å². The Balaban J connectivity index is 1.30. The second-order valence-corrected chi connectivity index (χ2v) is 13.3. The van der Waals surface area contributed by atoms with Crippen LogP contribution < -0.4 is 0 Å². The van der Waals surface area contributed by atoms with Crippen LogP contribution in [-0.4, -0.2) is 4.57 Å². The Bertz CT molecular complexity index is 2690. The van der Waals surface area contributed by atoms with Crippen molar-refractivity contribution >= 4 is 54.1 Å². The third-order valence-electron chi connectivity index (χ3n) is 10.6. The van der Waals surface area contributed by atoms with E-state index in [0.29, 0.717) is 0 Å². The molecule has 0 bridgehead atoms. The average molecular weight is 586 g/mol. The van der Waals surface area contributed by atoms with Crippen molar-refractivity contribution in [3.63, 3.8) is 0 Å². The van der Waals surface area contributed by atoms with Crippen LogP contribution in [0.2, 0.25) is 0 Å². The Morgan fingerprint density at radius 3 is 1.67 bits per heavy atom. The fourth-order valence-electron chi connectivity index (χ4n) is 8.41. The number of benzene rings is 7. The minimum Gasteiger partial charge on any atom is -0.309 e. The molecule has 0 N–H and O–H groups in total. The number of fused-ring (bicyclic) bond motifs is 3. The van der Waals surface area contributed by atoms with Gasteiger partial charge in [0.2, 0.25) is 0 Å². The van der Waals surface area contributed by atoms with Crippen LogP contribution in [0.4, 0.5) is 0 Å². The van der Waals surface area contributed by atoms with Gasteiger partial charge in [-0.2, -0.15) is 0 Å². The number of hydrogen-bond acceptors (Lipinski definition) is 0. The van der Waals surface area contributed by atoms with Gasteiger partial charge in [-0.15, -0.1) is 0 Å². The van der Waals surface area contributed by atoms with Crippen LogP contribution in [0.15, 0.2) is 152 Å². The molecule has 1 nitrogen and oxygen atoms in total. The molecule has 0 aliphatic heterocycles. The van der Waals surface area contributed by atoms with E-state index in [-0.39, 0.29) is 5.41 Å². The third kappa shape index (κ3) is 3.35. The summed E-state index contributed by atoms with van der Waals surface area (Å²) in [5.41, 5.74) is 11.4. The van der Waals surface area contributed by atoms with E-state index < -0.39 is 0 Å². The lowest BCUT2D eigenvalue weighted by atomic mass is 9.81. The normalized spacial score (nSPS) is 13.6. The van der Waals surface area contributed by atoms with E-state index >= 15 is 0 Å². The SMILES string of the molecule is CC1(C)c2cccc3c4ccccc4c4cccc5c4c4c(c1ccc4n5-c1cccc(-c4ccc(-c5ccccc5)cc4)c1)c23. The van der Waals surface area contributed by atoms with Crippen LogP contribution in [0.1, 0.15) is 25.0 Å². The zero-order valence-electron chi connectivity index (χ0n) is 25.9. The first-order chi connectivity index (χ1) is 22.6. The highest BCUT2D eigenvalue weighted by Gasteiger charge is 2.35. The molecule has 1 aliphatic carbocycles. The highest BCUT2D eigenvalue weighted by molar-refractivity contribution is 6.35. The van der Waals surface area contributed by atoms with E-state index in [2.05, 4.69) is 170 Å². The molecular formula is C45H31N. The van der Waals surface area contributed by atoms with E-state index in [1.807, 2.05) is 0 Å². The molecule has 0 saturated heterocycles. The lowest BCUT2D eigenvalue weighted by Crippen LogP contribution is -2.15. The molecule has 10 rings (SSSR count). The molecule has 1 heteroatoms. The summed E-state index contributed by atoms with van der Waals surface area (Å²) in [7, 11) is 0. The standard InChI is InChI=1S/C45H31N/c1-45(2)37-19-9-17-35-33-15-6-7-16-34(33)36-18-10-20-39-42(36)44-40(26-25-38(45)43(44)41(35)37)46(39)32-14-8-13-31(27-32)30-23-21-29(22-24-30)28-11-4-3-5-12-28/h3-27H,1-2H3. The predicted molar refractivity (Wildman–Crippen MR) is 196 cm³/mol. The molecule has 0 radical (unpaired) electrons. The van der Waals surface area contributed by atoms with Gasteiger partial charge in [-0.1, -0.05) is 141 Å².